The van der Waals surface area contributed by atoms with E-state index in [0.717, 1.165) is 105 Å². The van der Waals surface area contributed by atoms with E-state index in [4.69, 9.17) is 18.8 Å². The Kier molecular flexibility index (Phi) is 7.46. The zero-order chi connectivity index (χ0) is 37.0. The Morgan fingerprint density at radius 1 is 0.286 bits per heavy atom. The van der Waals surface area contributed by atoms with Crippen LogP contribution in [0.3, 0.4) is 0 Å². The lowest BCUT2D eigenvalue weighted by Crippen LogP contribution is -1.96. The Labute approximate surface area is 323 Å². The summed E-state index contributed by atoms with van der Waals surface area (Å²) in [6.07, 6.45) is 0. The predicted molar refractivity (Wildman–Crippen MR) is 229 cm³/mol. The minimum Gasteiger partial charge on any atom is -0.456 e. The van der Waals surface area contributed by atoms with Crippen LogP contribution in [0.1, 0.15) is 0 Å². The van der Waals surface area contributed by atoms with Crippen LogP contribution in [0.5, 0.6) is 0 Å². The van der Waals surface area contributed by atoms with Crippen molar-refractivity contribution < 1.29 is 8.83 Å². The van der Waals surface area contributed by atoms with Crippen molar-refractivity contribution in [2.75, 3.05) is 0 Å². The molecule has 3 heterocycles. The SMILES string of the molecule is c1ccc(-c2cc(-c3cc(-c4ccc(-c5ccc6oc7ccccc7c6c5)cc4)cc(-c4cccc5c4oc4ccccc45)c3)nc(-c3ccccc3)n2)cc1. The number of aromatic nitrogens is 2. The molecule has 4 nitrogen and oxygen atoms in total. The van der Waals surface area contributed by atoms with Crippen LogP contribution in [0.4, 0.5) is 0 Å². The van der Waals surface area contributed by atoms with Crippen LogP contribution in [-0.2, 0) is 0 Å². The predicted octanol–water partition coefficient (Wildman–Crippen LogP) is 14.3. The second-order valence-corrected chi connectivity index (χ2v) is 14.2. The van der Waals surface area contributed by atoms with Gasteiger partial charge in [0.1, 0.15) is 22.3 Å². The van der Waals surface area contributed by atoms with Gasteiger partial charge in [-0.1, -0.05) is 146 Å². The normalized spacial score (nSPS) is 11.6. The Hall–Kier alpha value is -7.56. The molecule has 0 fully saturated rings. The monoisotopic (exact) mass is 716 g/mol. The highest BCUT2D eigenvalue weighted by Crippen LogP contribution is 2.40. The fourth-order valence-electron chi connectivity index (χ4n) is 7.90. The fraction of sp³-hybridized carbons (Fsp3) is 0. The van der Waals surface area contributed by atoms with Gasteiger partial charge in [0.2, 0.25) is 0 Å². The number of rotatable bonds is 6. The molecule has 0 amide bonds. The molecule has 0 bridgehead atoms. The van der Waals surface area contributed by atoms with Gasteiger partial charge in [0.25, 0.3) is 0 Å². The quantitative estimate of drug-likeness (QED) is 0.172. The third-order valence-electron chi connectivity index (χ3n) is 10.7. The Morgan fingerprint density at radius 2 is 0.821 bits per heavy atom. The minimum absolute atomic E-state index is 0.681. The zero-order valence-electron chi connectivity index (χ0n) is 30.2. The van der Waals surface area contributed by atoms with Gasteiger partial charge >= 0.3 is 0 Å². The molecule has 0 aliphatic rings. The van der Waals surface area contributed by atoms with E-state index >= 15 is 0 Å². The van der Waals surface area contributed by atoms with E-state index in [2.05, 4.69) is 133 Å². The number of furan rings is 2. The van der Waals surface area contributed by atoms with Crippen LogP contribution in [0.2, 0.25) is 0 Å². The number of hydrogen-bond donors (Lipinski definition) is 0. The molecule has 0 spiro atoms. The van der Waals surface area contributed by atoms with Crippen LogP contribution < -0.4 is 0 Å². The smallest absolute Gasteiger partial charge is 0.160 e. The van der Waals surface area contributed by atoms with Crippen molar-refractivity contribution in [2.45, 2.75) is 0 Å². The summed E-state index contributed by atoms with van der Waals surface area (Å²) in [5.74, 6) is 0.681. The van der Waals surface area contributed by atoms with Gasteiger partial charge in [0, 0.05) is 43.8 Å². The van der Waals surface area contributed by atoms with Crippen molar-refractivity contribution in [3.63, 3.8) is 0 Å². The van der Waals surface area contributed by atoms with Crippen LogP contribution in [0, 0.1) is 0 Å². The molecule has 0 radical (unpaired) electrons. The maximum Gasteiger partial charge on any atom is 0.160 e. The highest BCUT2D eigenvalue weighted by molar-refractivity contribution is 6.10. The van der Waals surface area contributed by atoms with Crippen molar-refractivity contribution in [3.8, 4) is 67.3 Å². The summed E-state index contributed by atoms with van der Waals surface area (Å²) < 4.78 is 12.7. The van der Waals surface area contributed by atoms with E-state index in [1.807, 2.05) is 60.7 Å². The Bertz CT molecular complexity index is 3180. The third kappa shape index (κ3) is 5.55. The first kappa shape index (κ1) is 31.9. The summed E-state index contributed by atoms with van der Waals surface area (Å²) >= 11 is 0. The molecule has 0 aliphatic carbocycles. The third-order valence-corrected chi connectivity index (χ3v) is 10.7. The van der Waals surface area contributed by atoms with Crippen molar-refractivity contribution >= 4 is 43.9 Å². The lowest BCUT2D eigenvalue weighted by Gasteiger charge is -2.14. The van der Waals surface area contributed by atoms with E-state index in [1.54, 1.807) is 0 Å². The fourth-order valence-corrected chi connectivity index (χ4v) is 7.90. The van der Waals surface area contributed by atoms with Gasteiger partial charge in [-0.05, 0) is 76.3 Å². The number of para-hydroxylation sites is 3. The maximum atomic E-state index is 6.57. The van der Waals surface area contributed by atoms with Crippen LogP contribution in [0.15, 0.2) is 203 Å². The summed E-state index contributed by atoms with van der Waals surface area (Å²) in [7, 11) is 0. The van der Waals surface area contributed by atoms with Gasteiger partial charge in [-0.15, -0.1) is 0 Å². The largest absolute Gasteiger partial charge is 0.456 e. The van der Waals surface area contributed by atoms with Gasteiger partial charge < -0.3 is 8.83 Å². The Balaban J connectivity index is 1.09. The first-order chi connectivity index (χ1) is 27.7. The molecule has 0 saturated carbocycles. The van der Waals surface area contributed by atoms with E-state index in [1.165, 1.54) is 0 Å². The van der Waals surface area contributed by atoms with E-state index < -0.39 is 0 Å². The summed E-state index contributed by atoms with van der Waals surface area (Å²) in [5.41, 5.74) is 14.8. The molecular weight excluding hydrogens is 685 g/mol. The number of nitrogens with zero attached hydrogens (tertiary/aromatic N) is 2. The minimum atomic E-state index is 0.681. The van der Waals surface area contributed by atoms with Crippen molar-refractivity contribution in [3.05, 3.63) is 194 Å². The number of hydrogen-bond acceptors (Lipinski definition) is 4. The van der Waals surface area contributed by atoms with E-state index in [0.29, 0.717) is 5.82 Å². The van der Waals surface area contributed by atoms with E-state index in [-0.39, 0.29) is 0 Å². The lowest BCUT2D eigenvalue weighted by atomic mass is 9.92. The summed E-state index contributed by atoms with van der Waals surface area (Å²) in [6, 6.07) is 67.5. The average molecular weight is 717 g/mol. The molecule has 0 aliphatic heterocycles. The second kappa shape index (κ2) is 13.1. The molecule has 0 unspecified atom stereocenters. The topological polar surface area (TPSA) is 52.1 Å². The average Bonchev–Trinajstić information content (AvgIpc) is 3.85. The van der Waals surface area contributed by atoms with Gasteiger partial charge in [-0.3, -0.25) is 0 Å². The summed E-state index contributed by atoms with van der Waals surface area (Å²) in [6.45, 7) is 0. The van der Waals surface area contributed by atoms with Gasteiger partial charge in [0.15, 0.2) is 5.82 Å². The highest BCUT2D eigenvalue weighted by atomic mass is 16.3. The van der Waals surface area contributed by atoms with Crippen LogP contribution >= 0.6 is 0 Å². The van der Waals surface area contributed by atoms with E-state index in [9.17, 15) is 0 Å². The molecule has 3 aromatic heterocycles. The van der Waals surface area contributed by atoms with Crippen molar-refractivity contribution in [1.82, 2.24) is 9.97 Å². The molecule has 11 rings (SSSR count). The Morgan fingerprint density at radius 3 is 1.57 bits per heavy atom. The molecule has 56 heavy (non-hydrogen) atoms. The summed E-state index contributed by atoms with van der Waals surface area (Å²) in [4.78, 5) is 10.3. The van der Waals surface area contributed by atoms with Gasteiger partial charge in [-0.25, -0.2) is 9.97 Å². The summed E-state index contributed by atoms with van der Waals surface area (Å²) in [5, 5.41) is 4.44. The van der Waals surface area contributed by atoms with Crippen LogP contribution in [0.25, 0.3) is 111 Å². The van der Waals surface area contributed by atoms with Crippen molar-refractivity contribution in [2.24, 2.45) is 0 Å². The molecule has 0 N–H and O–H groups in total. The molecule has 4 heteroatoms. The lowest BCUT2D eigenvalue weighted by molar-refractivity contribution is 0.669. The number of fused-ring (bicyclic) bond motifs is 6. The molecule has 0 atom stereocenters. The zero-order valence-corrected chi connectivity index (χ0v) is 30.2. The highest BCUT2D eigenvalue weighted by Gasteiger charge is 2.17. The standard InChI is InChI=1S/C52H32N2O2/c1-3-12-35(13-4-1)46-32-47(54-52(53-46)36-14-5-2-6-15-36)40-29-38(28-39(30-40)41-18-11-19-44-42-16-7-10-21-49(42)56-51(41)44)34-24-22-33(23-25-34)37-26-27-50-45(31-37)43-17-8-9-20-48(43)55-50/h1-32H. The molecule has 11 aromatic rings. The van der Waals surface area contributed by atoms with Crippen LogP contribution in [-0.4, -0.2) is 9.97 Å². The molecule has 8 aromatic carbocycles. The maximum absolute atomic E-state index is 6.57. The van der Waals surface area contributed by atoms with Gasteiger partial charge in [0.05, 0.1) is 11.4 Å². The first-order valence-electron chi connectivity index (χ1n) is 18.8. The molecular formula is C52H32N2O2. The molecule has 0 saturated heterocycles. The van der Waals surface area contributed by atoms with Crippen molar-refractivity contribution in [1.29, 1.82) is 0 Å². The number of benzene rings is 8. The first-order valence-corrected chi connectivity index (χ1v) is 18.8. The molecule has 262 valence electrons. The van der Waals surface area contributed by atoms with Gasteiger partial charge in [-0.2, -0.15) is 0 Å². The second-order valence-electron chi connectivity index (χ2n) is 14.2.